The number of carbonyl (C=O) groups excluding carboxylic acids is 3. The zero-order valence-electron chi connectivity index (χ0n) is 16.9. The fraction of sp³-hybridized carbons (Fsp3) is 0.529. The Kier molecular flexibility index (Phi) is 11.2. The van der Waals surface area contributed by atoms with Gasteiger partial charge in [0.1, 0.15) is 24.2 Å². The molecule has 4 unspecified atom stereocenters. The zero-order chi connectivity index (χ0) is 24.3. The highest BCUT2D eigenvalue weighted by Gasteiger charge is 2.30. The molecule has 4 atom stereocenters. The topological polar surface area (TPSA) is 237 Å². The summed E-state index contributed by atoms with van der Waals surface area (Å²) in [6.45, 7) is -0.648. The van der Waals surface area contributed by atoms with Gasteiger partial charge >= 0.3 is 11.9 Å². The van der Waals surface area contributed by atoms with Crippen LogP contribution in [0.3, 0.4) is 0 Å². The first-order valence-corrected chi connectivity index (χ1v) is 10.0. The van der Waals surface area contributed by atoms with Gasteiger partial charge in [0, 0.05) is 30.5 Å². The number of carboxylic acid groups (broad SMARTS) is 2. The second-order valence-electron chi connectivity index (χ2n) is 6.71. The van der Waals surface area contributed by atoms with Crippen molar-refractivity contribution in [3.05, 3.63) is 18.2 Å². The summed E-state index contributed by atoms with van der Waals surface area (Å²) in [7, 11) is 0. The van der Waals surface area contributed by atoms with Crippen LogP contribution in [-0.4, -0.2) is 91.5 Å². The maximum atomic E-state index is 12.7. The van der Waals surface area contributed by atoms with Gasteiger partial charge in [-0.15, -0.1) is 0 Å². The van der Waals surface area contributed by atoms with Crippen LogP contribution in [0.5, 0.6) is 0 Å². The van der Waals surface area contributed by atoms with Crippen molar-refractivity contribution in [1.82, 2.24) is 25.9 Å². The summed E-state index contributed by atoms with van der Waals surface area (Å²) in [6, 6.07) is -5.26. The van der Waals surface area contributed by atoms with Crippen LogP contribution in [0.25, 0.3) is 0 Å². The molecular weight excluding hydrogens is 448 g/mol. The largest absolute Gasteiger partial charge is 0.481 e. The fourth-order valence-corrected chi connectivity index (χ4v) is 2.71. The molecule has 0 aromatic carbocycles. The fourth-order valence-electron chi connectivity index (χ4n) is 2.45. The van der Waals surface area contributed by atoms with Crippen LogP contribution in [0.2, 0.25) is 0 Å². The molecule has 0 fully saturated rings. The van der Waals surface area contributed by atoms with Crippen molar-refractivity contribution in [1.29, 1.82) is 0 Å². The zero-order valence-corrected chi connectivity index (χ0v) is 17.7. The lowest BCUT2D eigenvalue weighted by molar-refractivity contribution is -0.143. The third-order valence-electron chi connectivity index (χ3n) is 4.22. The van der Waals surface area contributed by atoms with Crippen molar-refractivity contribution < 1.29 is 39.3 Å². The lowest BCUT2D eigenvalue weighted by Gasteiger charge is -2.24. The van der Waals surface area contributed by atoms with E-state index in [1.165, 1.54) is 12.5 Å². The van der Waals surface area contributed by atoms with Gasteiger partial charge in [-0.25, -0.2) is 9.78 Å². The third-order valence-corrected chi connectivity index (χ3v) is 4.59. The number of hydrogen-bond acceptors (Lipinski definition) is 9. The molecule has 0 radical (unpaired) electrons. The predicted molar refractivity (Wildman–Crippen MR) is 112 cm³/mol. The Morgan fingerprint density at radius 3 is 2.12 bits per heavy atom. The number of carbonyl (C=O) groups is 5. The first-order valence-electron chi connectivity index (χ1n) is 9.39. The van der Waals surface area contributed by atoms with E-state index in [-0.39, 0.29) is 18.6 Å². The molecule has 9 N–H and O–H groups in total. The Morgan fingerprint density at radius 1 is 1.03 bits per heavy atom. The molecule has 0 aliphatic rings. The minimum absolute atomic E-state index is 0.105. The molecule has 0 aliphatic carbocycles. The number of aromatic nitrogens is 2. The van der Waals surface area contributed by atoms with Gasteiger partial charge in [-0.2, -0.15) is 12.6 Å². The molecule has 0 saturated carbocycles. The predicted octanol–water partition coefficient (Wildman–Crippen LogP) is -3.39. The number of aliphatic carboxylic acids is 2. The standard InChI is InChI=1S/C17H26N6O8S/c18-9(5-24)14(27)23-12(6-32)16(29)22-11(3-8-4-19-7-20-8)15(28)21-10(17(30)31)1-2-13(25)26/h4,7,9-12,24,32H,1-3,5-6,18H2,(H,19,20)(H,21,28)(H,22,29)(H,23,27)(H,25,26)(H,30,31). The summed E-state index contributed by atoms with van der Waals surface area (Å²) in [5.41, 5.74) is 5.84. The van der Waals surface area contributed by atoms with E-state index < -0.39 is 66.9 Å². The number of nitrogens with one attached hydrogen (secondary N) is 4. The molecule has 178 valence electrons. The number of thiol groups is 1. The van der Waals surface area contributed by atoms with Gasteiger partial charge in [-0.3, -0.25) is 19.2 Å². The molecule has 1 heterocycles. The van der Waals surface area contributed by atoms with Crippen molar-refractivity contribution in [2.24, 2.45) is 5.73 Å². The second kappa shape index (κ2) is 13.3. The number of aromatic amines is 1. The highest BCUT2D eigenvalue weighted by atomic mass is 32.1. The van der Waals surface area contributed by atoms with Crippen molar-refractivity contribution in [3.63, 3.8) is 0 Å². The summed E-state index contributed by atoms with van der Waals surface area (Å²) in [6.07, 6.45) is 1.77. The SMILES string of the molecule is NC(CO)C(=O)NC(CS)C(=O)NC(Cc1cnc[nH]1)C(=O)NC(CCC(=O)O)C(=O)O. The number of nitrogens with zero attached hydrogens (tertiary/aromatic N) is 1. The van der Waals surface area contributed by atoms with Crippen LogP contribution in [0.15, 0.2) is 12.5 Å². The Morgan fingerprint density at radius 2 is 1.62 bits per heavy atom. The maximum absolute atomic E-state index is 12.7. The smallest absolute Gasteiger partial charge is 0.326 e. The van der Waals surface area contributed by atoms with Gasteiger partial charge in [0.25, 0.3) is 0 Å². The van der Waals surface area contributed by atoms with Crippen LogP contribution in [0.4, 0.5) is 0 Å². The number of aliphatic hydroxyl groups is 1. The Bertz CT molecular complexity index is 805. The van der Waals surface area contributed by atoms with Crippen LogP contribution in [0.1, 0.15) is 18.5 Å². The van der Waals surface area contributed by atoms with Crippen molar-refractivity contribution in [2.45, 2.75) is 43.4 Å². The Labute approximate surface area is 187 Å². The Balaban J connectivity index is 2.95. The number of carboxylic acids is 2. The lowest BCUT2D eigenvalue weighted by atomic mass is 10.1. The molecule has 0 aliphatic heterocycles. The lowest BCUT2D eigenvalue weighted by Crippen LogP contribution is -2.58. The average molecular weight is 474 g/mol. The summed E-state index contributed by atoms with van der Waals surface area (Å²) >= 11 is 3.99. The molecular formula is C17H26N6O8S. The van der Waals surface area contributed by atoms with E-state index >= 15 is 0 Å². The number of hydrogen-bond donors (Lipinski definition) is 9. The first-order chi connectivity index (χ1) is 15.1. The average Bonchev–Trinajstić information content (AvgIpc) is 3.26. The molecule has 0 spiro atoms. The summed E-state index contributed by atoms with van der Waals surface area (Å²) in [5, 5.41) is 33.9. The highest BCUT2D eigenvalue weighted by molar-refractivity contribution is 7.80. The van der Waals surface area contributed by atoms with Gasteiger partial charge in [-0.1, -0.05) is 0 Å². The van der Waals surface area contributed by atoms with E-state index in [4.69, 9.17) is 15.9 Å². The minimum Gasteiger partial charge on any atom is -0.481 e. The molecule has 0 bridgehead atoms. The van der Waals surface area contributed by atoms with Crippen molar-refractivity contribution >= 4 is 42.3 Å². The van der Waals surface area contributed by atoms with Gasteiger partial charge in [0.05, 0.1) is 12.9 Å². The second-order valence-corrected chi connectivity index (χ2v) is 7.07. The van der Waals surface area contributed by atoms with Gasteiger partial charge in [0.2, 0.25) is 17.7 Å². The van der Waals surface area contributed by atoms with Crippen LogP contribution in [0, 0.1) is 0 Å². The number of aliphatic hydroxyl groups excluding tert-OH is 1. The van der Waals surface area contributed by atoms with E-state index in [0.29, 0.717) is 5.69 Å². The van der Waals surface area contributed by atoms with Gasteiger partial charge in [-0.05, 0) is 6.42 Å². The van der Waals surface area contributed by atoms with Crippen molar-refractivity contribution in [3.8, 4) is 0 Å². The molecule has 32 heavy (non-hydrogen) atoms. The van der Waals surface area contributed by atoms with Crippen LogP contribution >= 0.6 is 12.6 Å². The molecule has 1 aromatic heterocycles. The Hall–Kier alpha value is -3.17. The van der Waals surface area contributed by atoms with Crippen LogP contribution in [-0.2, 0) is 30.4 Å². The van der Waals surface area contributed by atoms with Gasteiger partial charge in [0.15, 0.2) is 0 Å². The first kappa shape index (κ1) is 26.9. The van der Waals surface area contributed by atoms with Crippen molar-refractivity contribution in [2.75, 3.05) is 12.4 Å². The number of imidazole rings is 1. The molecule has 0 saturated heterocycles. The quantitative estimate of drug-likeness (QED) is 0.121. The summed E-state index contributed by atoms with van der Waals surface area (Å²) < 4.78 is 0. The molecule has 1 aromatic rings. The molecule has 15 heteroatoms. The number of nitrogens with two attached hydrogens (primary N) is 1. The highest BCUT2D eigenvalue weighted by Crippen LogP contribution is 2.04. The maximum Gasteiger partial charge on any atom is 0.326 e. The molecule has 14 nitrogen and oxygen atoms in total. The van der Waals surface area contributed by atoms with E-state index in [1.54, 1.807) is 0 Å². The van der Waals surface area contributed by atoms with E-state index in [9.17, 15) is 29.1 Å². The minimum atomic E-state index is -1.50. The van der Waals surface area contributed by atoms with Gasteiger partial charge < -0.3 is 42.0 Å². The number of H-pyrrole nitrogens is 1. The van der Waals surface area contributed by atoms with Crippen LogP contribution < -0.4 is 21.7 Å². The number of rotatable bonds is 14. The summed E-state index contributed by atoms with van der Waals surface area (Å²) in [4.78, 5) is 65.9. The van der Waals surface area contributed by atoms with E-state index in [2.05, 4.69) is 38.5 Å². The normalized spacial score (nSPS) is 14.5. The summed E-state index contributed by atoms with van der Waals surface area (Å²) in [5.74, 6) is -5.34. The third kappa shape index (κ3) is 8.91. The molecule has 3 amide bonds. The monoisotopic (exact) mass is 474 g/mol. The molecule has 1 rings (SSSR count). The number of amides is 3. The van der Waals surface area contributed by atoms with E-state index in [0.717, 1.165) is 0 Å². The van der Waals surface area contributed by atoms with E-state index in [1.807, 2.05) is 0 Å².